The Bertz CT molecular complexity index is 727. The summed E-state index contributed by atoms with van der Waals surface area (Å²) in [4.78, 5) is 27.6. The van der Waals surface area contributed by atoms with Crippen LogP contribution in [0, 0.1) is 0 Å². The van der Waals surface area contributed by atoms with E-state index >= 15 is 0 Å². The third-order valence-corrected chi connectivity index (χ3v) is 4.86. The maximum atomic E-state index is 12.0. The van der Waals surface area contributed by atoms with E-state index in [1.54, 1.807) is 17.0 Å². The molecular weight excluding hydrogens is 352 g/mol. The number of nitrogens with zero attached hydrogens (tertiary/aromatic N) is 5. The van der Waals surface area contributed by atoms with Gasteiger partial charge in [0.1, 0.15) is 0 Å². The van der Waals surface area contributed by atoms with E-state index in [0.29, 0.717) is 28.6 Å². The zero-order chi connectivity index (χ0) is 16.9. The largest absolute Gasteiger partial charge is 0.466 e. The lowest BCUT2D eigenvalue weighted by molar-refractivity contribution is -0.142. The molecule has 1 N–H and O–H groups in total. The van der Waals surface area contributed by atoms with Crippen LogP contribution in [0.4, 0.5) is 5.13 Å². The maximum absolute atomic E-state index is 12.0. The summed E-state index contributed by atoms with van der Waals surface area (Å²) in [5.74, 6) is -0.328. The molecule has 11 heteroatoms. The van der Waals surface area contributed by atoms with Crippen LogP contribution in [-0.4, -0.2) is 49.4 Å². The fourth-order valence-corrected chi connectivity index (χ4v) is 3.39. The monoisotopic (exact) mass is 368 g/mol. The third-order valence-electron chi connectivity index (χ3n) is 3.12. The minimum absolute atomic E-state index is 0.102. The Balaban J connectivity index is 1.47. The van der Waals surface area contributed by atoms with Crippen LogP contribution in [0.25, 0.3) is 0 Å². The van der Waals surface area contributed by atoms with Gasteiger partial charge >= 0.3 is 5.97 Å². The van der Waals surface area contributed by atoms with Crippen molar-refractivity contribution in [3.8, 4) is 0 Å². The predicted molar refractivity (Wildman–Crippen MR) is 87.9 cm³/mol. The first-order valence-electron chi connectivity index (χ1n) is 7.46. The van der Waals surface area contributed by atoms with Crippen molar-refractivity contribution in [1.29, 1.82) is 0 Å². The zero-order valence-corrected chi connectivity index (χ0v) is 14.6. The minimum Gasteiger partial charge on any atom is -0.466 e. The molecule has 0 aromatic carbocycles. The Kier molecular flexibility index (Phi) is 5.41. The second-order valence-electron chi connectivity index (χ2n) is 5.10. The summed E-state index contributed by atoms with van der Waals surface area (Å²) in [7, 11) is 0. The van der Waals surface area contributed by atoms with Crippen LogP contribution < -0.4 is 5.32 Å². The number of nitrogens with one attached hydrogen (secondary N) is 1. The predicted octanol–water partition coefficient (Wildman–Crippen LogP) is 1.30. The van der Waals surface area contributed by atoms with E-state index in [9.17, 15) is 9.59 Å². The van der Waals surface area contributed by atoms with E-state index in [2.05, 4.69) is 25.8 Å². The van der Waals surface area contributed by atoms with Crippen molar-refractivity contribution < 1.29 is 14.3 Å². The molecule has 1 saturated carbocycles. The zero-order valence-electron chi connectivity index (χ0n) is 13.0. The molecule has 2 heterocycles. The first-order valence-corrected chi connectivity index (χ1v) is 9.32. The van der Waals surface area contributed by atoms with Gasteiger partial charge in [-0.15, -0.1) is 16.4 Å². The van der Waals surface area contributed by atoms with Crippen molar-refractivity contribution in [3.63, 3.8) is 0 Å². The lowest BCUT2D eigenvalue weighted by atomic mass is 10.3. The van der Waals surface area contributed by atoms with E-state index in [1.807, 2.05) is 0 Å². The van der Waals surface area contributed by atoms with Crippen LogP contribution in [-0.2, 0) is 20.7 Å². The number of aromatic nitrogens is 5. The SMILES string of the molecule is CCOC(=O)Cc1csc(NC(=O)CSc2nnnn2C2CC2)n1. The number of thioether (sulfide) groups is 1. The quantitative estimate of drug-likeness (QED) is 0.548. The number of amides is 1. The van der Waals surface area contributed by atoms with E-state index in [1.165, 1.54) is 23.1 Å². The van der Waals surface area contributed by atoms with Gasteiger partial charge < -0.3 is 10.1 Å². The summed E-state index contributed by atoms with van der Waals surface area (Å²) >= 11 is 2.56. The average Bonchev–Trinajstić information content (AvgIpc) is 3.12. The summed E-state index contributed by atoms with van der Waals surface area (Å²) in [5, 5.41) is 17.1. The molecule has 128 valence electrons. The fraction of sp³-hybridized carbons (Fsp3) is 0.538. The second-order valence-corrected chi connectivity index (χ2v) is 6.90. The molecule has 0 atom stereocenters. The van der Waals surface area contributed by atoms with E-state index < -0.39 is 0 Å². The van der Waals surface area contributed by atoms with E-state index in [4.69, 9.17) is 4.74 Å². The number of esters is 1. The Morgan fingerprint density at radius 1 is 1.50 bits per heavy atom. The molecule has 2 aromatic rings. The summed E-state index contributed by atoms with van der Waals surface area (Å²) in [5.41, 5.74) is 0.582. The van der Waals surface area contributed by atoms with Gasteiger partial charge in [0.05, 0.1) is 30.5 Å². The third kappa shape index (κ3) is 4.51. The Hall–Kier alpha value is -2.01. The van der Waals surface area contributed by atoms with Crippen molar-refractivity contribution in [3.05, 3.63) is 11.1 Å². The molecule has 0 radical (unpaired) electrons. The number of anilines is 1. The summed E-state index contributed by atoms with van der Waals surface area (Å²) in [6.45, 7) is 2.09. The molecule has 1 fully saturated rings. The van der Waals surface area contributed by atoms with Gasteiger partial charge in [-0.1, -0.05) is 11.8 Å². The fourth-order valence-electron chi connectivity index (χ4n) is 1.92. The molecule has 24 heavy (non-hydrogen) atoms. The summed E-state index contributed by atoms with van der Waals surface area (Å²) < 4.78 is 6.63. The van der Waals surface area contributed by atoms with Crippen molar-refractivity contribution in [1.82, 2.24) is 25.2 Å². The minimum atomic E-state index is -0.330. The topological polar surface area (TPSA) is 112 Å². The first kappa shape index (κ1) is 16.8. The van der Waals surface area contributed by atoms with Gasteiger partial charge in [0, 0.05) is 5.38 Å². The molecule has 1 amide bonds. The van der Waals surface area contributed by atoms with Crippen molar-refractivity contribution in [2.24, 2.45) is 0 Å². The molecule has 0 aliphatic heterocycles. The van der Waals surface area contributed by atoms with Crippen LogP contribution in [0.3, 0.4) is 0 Å². The van der Waals surface area contributed by atoms with Gasteiger partial charge in [-0.2, -0.15) is 0 Å². The smallest absolute Gasteiger partial charge is 0.311 e. The van der Waals surface area contributed by atoms with Gasteiger partial charge in [-0.05, 0) is 30.2 Å². The highest BCUT2D eigenvalue weighted by Crippen LogP contribution is 2.36. The average molecular weight is 368 g/mol. The standard InChI is InChI=1S/C13H16N6O3S2/c1-2-22-11(21)5-8-6-23-12(14-8)15-10(20)7-24-13-16-17-18-19(13)9-3-4-9/h6,9H,2-5,7H2,1H3,(H,14,15,20). The van der Waals surface area contributed by atoms with Gasteiger partial charge in [0.15, 0.2) is 5.13 Å². The van der Waals surface area contributed by atoms with Crippen LogP contribution in [0.1, 0.15) is 31.5 Å². The lowest BCUT2D eigenvalue weighted by Gasteiger charge is -2.02. The normalized spacial score (nSPS) is 13.7. The van der Waals surface area contributed by atoms with Crippen LogP contribution in [0.5, 0.6) is 0 Å². The molecule has 1 aliphatic rings. The maximum Gasteiger partial charge on any atom is 0.311 e. The van der Waals surface area contributed by atoms with Crippen molar-refractivity contribution in [2.45, 2.75) is 37.4 Å². The highest BCUT2D eigenvalue weighted by Gasteiger charge is 2.28. The molecule has 0 saturated heterocycles. The van der Waals surface area contributed by atoms with Crippen molar-refractivity contribution in [2.75, 3.05) is 17.7 Å². The van der Waals surface area contributed by atoms with Crippen LogP contribution >= 0.6 is 23.1 Å². The first-order chi connectivity index (χ1) is 11.7. The molecular formula is C13H16N6O3S2. The second kappa shape index (κ2) is 7.71. The Labute approximate surface area is 146 Å². The number of hydrogen-bond acceptors (Lipinski definition) is 9. The number of ether oxygens (including phenoxy) is 1. The van der Waals surface area contributed by atoms with E-state index in [-0.39, 0.29) is 24.1 Å². The molecule has 9 nitrogen and oxygen atoms in total. The number of carbonyl (C=O) groups excluding carboxylic acids is 2. The molecule has 0 spiro atoms. The van der Waals surface area contributed by atoms with Gasteiger partial charge in [0.2, 0.25) is 11.1 Å². The molecule has 0 bridgehead atoms. The lowest BCUT2D eigenvalue weighted by Crippen LogP contribution is -2.15. The van der Waals surface area contributed by atoms with Gasteiger partial charge in [0.25, 0.3) is 0 Å². The highest BCUT2D eigenvalue weighted by atomic mass is 32.2. The number of thiazole rings is 1. The van der Waals surface area contributed by atoms with Crippen molar-refractivity contribution >= 4 is 40.1 Å². The van der Waals surface area contributed by atoms with Gasteiger partial charge in [-0.3, -0.25) is 9.59 Å². The molecule has 3 rings (SSSR count). The van der Waals surface area contributed by atoms with Crippen LogP contribution in [0.15, 0.2) is 10.5 Å². The molecule has 2 aromatic heterocycles. The van der Waals surface area contributed by atoms with Gasteiger partial charge in [-0.25, -0.2) is 9.67 Å². The number of rotatable bonds is 8. The highest BCUT2D eigenvalue weighted by molar-refractivity contribution is 7.99. The molecule has 0 unspecified atom stereocenters. The molecule has 1 aliphatic carbocycles. The summed E-state index contributed by atoms with van der Waals surface area (Å²) in [6.07, 6.45) is 2.26. The number of hydrogen-bond donors (Lipinski definition) is 1. The number of tetrazole rings is 1. The Morgan fingerprint density at radius 3 is 3.08 bits per heavy atom. The van der Waals surface area contributed by atoms with Crippen LogP contribution in [0.2, 0.25) is 0 Å². The Morgan fingerprint density at radius 2 is 2.33 bits per heavy atom. The van der Waals surface area contributed by atoms with E-state index in [0.717, 1.165) is 12.8 Å². The number of carbonyl (C=O) groups is 2. The summed E-state index contributed by atoms with van der Waals surface area (Å²) in [6, 6.07) is 0.370.